The van der Waals surface area contributed by atoms with Crippen molar-refractivity contribution in [2.24, 2.45) is 5.18 Å². The fraction of sp³-hybridized carbons (Fsp3) is 0.800. The van der Waals surface area contributed by atoms with E-state index in [0.717, 1.165) is 0 Å². The molecule has 64 valence electrons. The minimum atomic E-state index is -1.26. The van der Waals surface area contributed by atoms with Gasteiger partial charge in [-0.25, -0.2) is 4.79 Å². The summed E-state index contributed by atoms with van der Waals surface area (Å²) in [4.78, 5) is 20.0. The van der Waals surface area contributed by atoms with Crippen molar-refractivity contribution in [3.8, 4) is 0 Å². The summed E-state index contributed by atoms with van der Waals surface area (Å²) in [6.45, 7) is 0. The van der Waals surface area contributed by atoms with Crippen molar-refractivity contribution >= 4 is 16.8 Å². The summed E-state index contributed by atoms with van der Waals surface area (Å²) in [5.41, 5.74) is 0. The van der Waals surface area contributed by atoms with Crippen LogP contribution in [0.1, 0.15) is 6.42 Å². The Labute approximate surface area is 66.2 Å². The summed E-state index contributed by atoms with van der Waals surface area (Å²) < 4.78 is 10.5. The molecule has 6 heteroatoms. The average molecular weight is 179 g/mol. The molecule has 0 fully saturated rings. The molecule has 1 N–H and O–H groups in total. The molecular formula is C5H9NO4S. The molecule has 1 unspecified atom stereocenters. The Bertz CT molecular complexity index is 181. The maximum Gasteiger partial charge on any atom is 0.332 e. The van der Waals surface area contributed by atoms with E-state index in [1.807, 2.05) is 0 Å². The van der Waals surface area contributed by atoms with Gasteiger partial charge < -0.3 is 5.11 Å². The van der Waals surface area contributed by atoms with Gasteiger partial charge in [-0.2, -0.15) is 0 Å². The van der Waals surface area contributed by atoms with Crippen LogP contribution in [-0.4, -0.2) is 33.3 Å². The fourth-order valence-corrected chi connectivity index (χ4v) is 1.05. The van der Waals surface area contributed by atoms with Crippen molar-refractivity contribution in [1.82, 2.24) is 0 Å². The number of carboxylic acids is 1. The molecule has 0 heterocycles. The molecule has 2 atom stereocenters. The van der Waals surface area contributed by atoms with Crippen LogP contribution in [-0.2, 0) is 15.6 Å². The number of nitrogens with zero attached hydrogens (tertiary/aromatic N) is 1. The number of aliphatic carboxylic acids is 1. The van der Waals surface area contributed by atoms with Crippen LogP contribution < -0.4 is 0 Å². The van der Waals surface area contributed by atoms with E-state index in [-0.39, 0.29) is 12.2 Å². The molecule has 0 saturated heterocycles. The van der Waals surface area contributed by atoms with Gasteiger partial charge in [0.1, 0.15) is 0 Å². The van der Waals surface area contributed by atoms with Crippen molar-refractivity contribution in [3.05, 3.63) is 4.91 Å². The monoisotopic (exact) mass is 179 g/mol. The van der Waals surface area contributed by atoms with Gasteiger partial charge in [0.05, 0.1) is 0 Å². The predicted octanol–water partition coefficient (Wildman–Crippen LogP) is -0.0254. The Hall–Kier alpha value is -0.780. The number of nitroso groups, excluding NO2 is 1. The molecular weight excluding hydrogens is 170 g/mol. The molecule has 0 radical (unpaired) electrons. The number of rotatable bonds is 5. The van der Waals surface area contributed by atoms with Gasteiger partial charge in [-0.05, 0) is 6.42 Å². The van der Waals surface area contributed by atoms with Crippen LogP contribution >= 0.6 is 0 Å². The molecule has 0 spiro atoms. The van der Waals surface area contributed by atoms with E-state index in [1.54, 1.807) is 0 Å². The first-order chi connectivity index (χ1) is 5.07. The molecule has 0 aliphatic heterocycles. The lowest BCUT2D eigenvalue weighted by Gasteiger charge is -1.99. The maximum absolute atomic E-state index is 10.5. The van der Waals surface area contributed by atoms with Crippen LogP contribution in [0.4, 0.5) is 0 Å². The summed E-state index contributed by atoms with van der Waals surface area (Å²) in [7, 11) is -1.07. The van der Waals surface area contributed by atoms with E-state index >= 15 is 0 Å². The summed E-state index contributed by atoms with van der Waals surface area (Å²) in [6.07, 6.45) is 1.49. The van der Waals surface area contributed by atoms with Crippen LogP contribution in [0.15, 0.2) is 5.18 Å². The Balaban J connectivity index is 3.79. The first-order valence-electron chi connectivity index (χ1n) is 2.93. The van der Waals surface area contributed by atoms with Gasteiger partial charge in [-0.3, -0.25) is 4.21 Å². The van der Waals surface area contributed by atoms with Crippen LogP contribution in [0.2, 0.25) is 0 Å². The zero-order valence-electron chi connectivity index (χ0n) is 6.02. The van der Waals surface area contributed by atoms with Crippen LogP contribution in [0.25, 0.3) is 0 Å². The molecule has 0 aromatic rings. The first-order valence-corrected chi connectivity index (χ1v) is 4.66. The largest absolute Gasteiger partial charge is 0.480 e. The van der Waals surface area contributed by atoms with E-state index in [2.05, 4.69) is 5.18 Å². The number of carboxylic acid groups (broad SMARTS) is 1. The SMILES string of the molecule is CS(=O)CC[C@H](N=O)C(=O)O. The van der Waals surface area contributed by atoms with E-state index in [1.165, 1.54) is 6.26 Å². The smallest absolute Gasteiger partial charge is 0.332 e. The molecule has 0 bridgehead atoms. The molecule has 0 aromatic heterocycles. The number of hydrogen-bond acceptors (Lipinski definition) is 4. The fourth-order valence-electron chi connectivity index (χ4n) is 0.499. The molecule has 0 rings (SSSR count). The highest BCUT2D eigenvalue weighted by Crippen LogP contribution is 1.98. The molecule has 0 aliphatic carbocycles. The van der Waals surface area contributed by atoms with Gasteiger partial charge in [-0.1, -0.05) is 5.18 Å². The molecule has 5 nitrogen and oxygen atoms in total. The Morgan fingerprint density at radius 1 is 1.73 bits per heavy atom. The van der Waals surface area contributed by atoms with Gasteiger partial charge in [0, 0.05) is 22.8 Å². The minimum absolute atomic E-state index is 0.0436. The lowest BCUT2D eigenvalue weighted by Crippen LogP contribution is -2.19. The molecule has 11 heavy (non-hydrogen) atoms. The van der Waals surface area contributed by atoms with Crippen molar-refractivity contribution in [1.29, 1.82) is 0 Å². The van der Waals surface area contributed by atoms with Gasteiger partial charge in [-0.15, -0.1) is 4.91 Å². The Kier molecular flexibility index (Phi) is 4.60. The maximum atomic E-state index is 10.5. The van der Waals surface area contributed by atoms with Crippen LogP contribution in [0, 0.1) is 4.91 Å². The third kappa shape index (κ3) is 4.60. The standard InChI is InChI=1S/C5H9NO4S/c1-11(10)3-2-4(6-9)5(7)8/h4H,2-3H2,1H3,(H,7,8)/t4-,11?/m0/s1. The van der Waals surface area contributed by atoms with Crippen molar-refractivity contribution < 1.29 is 14.1 Å². The van der Waals surface area contributed by atoms with Gasteiger partial charge in [0.15, 0.2) is 6.04 Å². The normalized spacial score (nSPS) is 15.4. The second-order valence-corrected chi connectivity index (χ2v) is 3.58. The summed E-state index contributed by atoms with van der Waals surface area (Å²) in [6, 6.07) is -1.25. The summed E-state index contributed by atoms with van der Waals surface area (Å²) in [5.74, 6) is -1.06. The summed E-state index contributed by atoms with van der Waals surface area (Å²) >= 11 is 0. The lowest BCUT2D eigenvalue weighted by atomic mass is 10.2. The van der Waals surface area contributed by atoms with Crippen molar-refractivity contribution in [2.75, 3.05) is 12.0 Å². The molecule has 0 aliphatic rings. The van der Waals surface area contributed by atoms with E-state index in [4.69, 9.17) is 5.11 Å². The van der Waals surface area contributed by atoms with E-state index in [9.17, 15) is 13.9 Å². The van der Waals surface area contributed by atoms with Crippen LogP contribution in [0.5, 0.6) is 0 Å². The quantitative estimate of drug-likeness (QED) is 0.601. The molecule has 0 amide bonds. The van der Waals surface area contributed by atoms with E-state index in [0.29, 0.717) is 0 Å². The highest BCUT2D eigenvalue weighted by Gasteiger charge is 2.17. The number of hydrogen-bond donors (Lipinski definition) is 1. The van der Waals surface area contributed by atoms with Crippen molar-refractivity contribution in [3.63, 3.8) is 0 Å². The highest BCUT2D eigenvalue weighted by atomic mass is 32.2. The first kappa shape index (κ1) is 10.2. The topological polar surface area (TPSA) is 83.8 Å². The second kappa shape index (κ2) is 4.95. The Morgan fingerprint density at radius 2 is 2.27 bits per heavy atom. The highest BCUT2D eigenvalue weighted by molar-refractivity contribution is 7.84. The molecule has 0 saturated carbocycles. The van der Waals surface area contributed by atoms with E-state index < -0.39 is 22.8 Å². The molecule has 0 aromatic carbocycles. The predicted molar refractivity (Wildman–Crippen MR) is 40.8 cm³/mol. The zero-order chi connectivity index (χ0) is 8.85. The Morgan fingerprint density at radius 3 is 2.55 bits per heavy atom. The zero-order valence-corrected chi connectivity index (χ0v) is 6.84. The summed E-state index contributed by atoms with van der Waals surface area (Å²) in [5, 5.41) is 10.7. The number of carbonyl (C=O) groups is 1. The third-order valence-electron chi connectivity index (χ3n) is 1.09. The van der Waals surface area contributed by atoms with Crippen molar-refractivity contribution in [2.45, 2.75) is 12.5 Å². The van der Waals surface area contributed by atoms with Gasteiger partial charge in [0.2, 0.25) is 0 Å². The van der Waals surface area contributed by atoms with Gasteiger partial charge >= 0.3 is 5.97 Å². The minimum Gasteiger partial charge on any atom is -0.480 e. The third-order valence-corrected chi connectivity index (χ3v) is 1.90. The second-order valence-electron chi connectivity index (χ2n) is 2.03. The average Bonchev–Trinajstić information content (AvgIpc) is 1.87. The lowest BCUT2D eigenvalue weighted by molar-refractivity contribution is -0.138. The van der Waals surface area contributed by atoms with Gasteiger partial charge in [0.25, 0.3) is 0 Å². The van der Waals surface area contributed by atoms with Crippen LogP contribution in [0.3, 0.4) is 0 Å².